The van der Waals surface area contributed by atoms with Gasteiger partial charge < -0.3 is 0 Å². The van der Waals surface area contributed by atoms with Gasteiger partial charge in [0.25, 0.3) is 10.0 Å². The summed E-state index contributed by atoms with van der Waals surface area (Å²) in [5, 5.41) is 8.72. The van der Waals surface area contributed by atoms with Gasteiger partial charge in [-0.2, -0.15) is 14.5 Å². The number of rotatable bonds is 5. The standard InChI is InChI=1S/C28H27FN6O3S/c1-18-8-10-30-24(12-18)27(36)28-15-20-16-31-35(23-6-4-22(29)5-7-23)25(20)14-21(28)9-11-34(17-28)39(37,38)26-13-19(2)33(3)32-26/h4-8,10,12-14,16H,9,11,15,17H2,1-3H3/t28-/m0/s1. The van der Waals surface area contributed by atoms with Crippen molar-refractivity contribution in [2.75, 3.05) is 13.1 Å². The molecule has 1 fully saturated rings. The highest BCUT2D eigenvalue weighted by molar-refractivity contribution is 7.89. The number of hydrogen-bond acceptors (Lipinski definition) is 6. The lowest BCUT2D eigenvalue weighted by Gasteiger charge is -2.44. The Labute approximate surface area is 225 Å². The summed E-state index contributed by atoms with van der Waals surface area (Å²) in [6.07, 6.45) is 5.85. The predicted octanol–water partition coefficient (Wildman–Crippen LogP) is 3.66. The predicted molar refractivity (Wildman–Crippen MR) is 142 cm³/mol. The summed E-state index contributed by atoms with van der Waals surface area (Å²) in [6, 6.07) is 11.1. The van der Waals surface area contributed by atoms with Gasteiger partial charge >= 0.3 is 0 Å². The summed E-state index contributed by atoms with van der Waals surface area (Å²) in [4.78, 5) is 18.6. The van der Waals surface area contributed by atoms with E-state index in [2.05, 4.69) is 15.2 Å². The van der Waals surface area contributed by atoms with E-state index < -0.39 is 15.4 Å². The van der Waals surface area contributed by atoms with Crippen molar-refractivity contribution in [3.05, 3.63) is 94.5 Å². The zero-order chi connectivity index (χ0) is 27.5. The first-order valence-corrected chi connectivity index (χ1v) is 14.0. The number of benzene rings is 1. The van der Waals surface area contributed by atoms with Gasteiger partial charge in [0.15, 0.2) is 10.8 Å². The molecule has 9 nitrogen and oxygen atoms in total. The third-order valence-corrected chi connectivity index (χ3v) is 9.45. The van der Waals surface area contributed by atoms with Crippen LogP contribution in [-0.4, -0.2) is 56.1 Å². The number of aromatic nitrogens is 5. The van der Waals surface area contributed by atoms with Crippen molar-refractivity contribution >= 4 is 21.9 Å². The quantitative estimate of drug-likeness (QED) is 0.354. The van der Waals surface area contributed by atoms with Gasteiger partial charge in [0, 0.05) is 32.0 Å². The number of fused-ring (bicyclic) bond motifs is 2. The van der Waals surface area contributed by atoms with Crippen LogP contribution in [0.2, 0.25) is 0 Å². The maximum absolute atomic E-state index is 14.3. The molecule has 1 aromatic carbocycles. The van der Waals surface area contributed by atoms with Gasteiger partial charge in [-0.15, -0.1) is 0 Å². The zero-order valence-corrected chi connectivity index (χ0v) is 22.6. The number of sulfonamides is 1. The summed E-state index contributed by atoms with van der Waals surface area (Å²) in [6.45, 7) is 3.85. The van der Waals surface area contributed by atoms with Crippen LogP contribution in [-0.2, 0) is 23.5 Å². The van der Waals surface area contributed by atoms with Crippen LogP contribution in [0.1, 0.15) is 39.4 Å². The molecular weight excluding hydrogens is 519 g/mol. The summed E-state index contributed by atoms with van der Waals surface area (Å²) >= 11 is 0. The summed E-state index contributed by atoms with van der Waals surface area (Å²) < 4.78 is 45.6. The number of nitrogens with zero attached hydrogens (tertiary/aromatic N) is 6. The molecule has 4 aromatic rings. The van der Waals surface area contributed by atoms with Gasteiger partial charge in [-0.25, -0.2) is 17.5 Å². The Morgan fingerprint density at radius 1 is 1.10 bits per heavy atom. The second kappa shape index (κ2) is 9.06. The second-order valence-corrected chi connectivity index (χ2v) is 12.1. The van der Waals surface area contributed by atoms with Gasteiger partial charge in [0.2, 0.25) is 0 Å². The first-order valence-electron chi connectivity index (χ1n) is 12.6. The number of pyridine rings is 1. The number of ketones is 1. The van der Waals surface area contributed by atoms with Crippen LogP contribution in [0.25, 0.3) is 11.8 Å². The van der Waals surface area contributed by atoms with Gasteiger partial charge in [0.05, 0.1) is 23.0 Å². The highest BCUT2D eigenvalue weighted by Crippen LogP contribution is 2.47. The molecule has 0 bridgehead atoms. The summed E-state index contributed by atoms with van der Waals surface area (Å²) in [5.41, 5.74) is 3.88. The summed E-state index contributed by atoms with van der Waals surface area (Å²) in [7, 11) is -2.25. The van der Waals surface area contributed by atoms with Crippen LogP contribution in [0.4, 0.5) is 4.39 Å². The van der Waals surface area contributed by atoms with Gasteiger partial charge in [0.1, 0.15) is 11.5 Å². The fourth-order valence-electron chi connectivity index (χ4n) is 5.50. The van der Waals surface area contributed by atoms with Crippen LogP contribution in [0, 0.1) is 25.1 Å². The van der Waals surface area contributed by atoms with Crippen molar-refractivity contribution in [2.24, 2.45) is 12.5 Å². The van der Waals surface area contributed by atoms with Crippen LogP contribution in [0.15, 0.2) is 65.5 Å². The normalized spacial score (nSPS) is 19.3. The Balaban J connectivity index is 1.46. The Kier molecular flexibility index (Phi) is 5.88. The van der Waals surface area contributed by atoms with Crippen molar-refractivity contribution in [2.45, 2.75) is 31.7 Å². The molecule has 1 saturated heterocycles. The number of halogens is 1. The fourth-order valence-corrected chi connectivity index (χ4v) is 7.03. The minimum Gasteiger partial charge on any atom is -0.291 e. The number of carbonyl (C=O) groups excluding carboxylic acids is 1. The molecule has 0 saturated carbocycles. The van der Waals surface area contributed by atoms with Crippen LogP contribution < -0.4 is 0 Å². The molecule has 1 atom stereocenters. The average Bonchev–Trinajstić information content (AvgIpc) is 3.49. The Hall–Kier alpha value is -3.96. The third kappa shape index (κ3) is 4.12. The number of Topliss-reactive ketones (excluding diaryl/α,β-unsaturated/α-hetero) is 1. The lowest BCUT2D eigenvalue weighted by molar-refractivity contribution is 0.0770. The van der Waals surface area contributed by atoms with E-state index in [-0.39, 0.29) is 36.1 Å². The molecule has 0 N–H and O–H groups in total. The van der Waals surface area contributed by atoms with E-state index in [4.69, 9.17) is 0 Å². The SMILES string of the molecule is Cc1ccnc(C(=O)[C@]23Cc4cnn(-c5ccc(F)cc5)c4C=C2CCN(S(=O)(=O)c2cc(C)n(C)n2)C3)c1. The van der Waals surface area contributed by atoms with E-state index in [0.717, 1.165) is 28.1 Å². The molecule has 1 aliphatic carbocycles. The van der Waals surface area contributed by atoms with E-state index in [1.165, 1.54) is 21.1 Å². The van der Waals surface area contributed by atoms with Crippen molar-refractivity contribution in [1.29, 1.82) is 0 Å². The lowest BCUT2D eigenvalue weighted by atomic mass is 9.65. The number of carbonyl (C=O) groups is 1. The molecule has 0 spiro atoms. The Morgan fingerprint density at radius 2 is 1.87 bits per heavy atom. The topological polar surface area (TPSA) is 103 Å². The second-order valence-electron chi connectivity index (χ2n) is 10.3. The molecule has 0 radical (unpaired) electrons. The molecule has 0 amide bonds. The van der Waals surface area contributed by atoms with Crippen molar-refractivity contribution < 1.29 is 17.6 Å². The van der Waals surface area contributed by atoms with E-state index in [1.54, 1.807) is 55.3 Å². The van der Waals surface area contributed by atoms with Gasteiger partial charge in [-0.3, -0.25) is 14.5 Å². The average molecular weight is 547 g/mol. The third-order valence-electron chi connectivity index (χ3n) is 7.73. The van der Waals surface area contributed by atoms with Crippen molar-refractivity contribution in [3.63, 3.8) is 0 Å². The molecule has 6 rings (SSSR count). The molecule has 2 aliphatic rings. The van der Waals surface area contributed by atoms with Gasteiger partial charge in [-0.1, -0.05) is 5.57 Å². The van der Waals surface area contributed by atoms with E-state index in [9.17, 15) is 17.6 Å². The number of piperidine rings is 1. The smallest absolute Gasteiger partial charge is 0.262 e. The largest absolute Gasteiger partial charge is 0.291 e. The number of hydrogen-bond donors (Lipinski definition) is 0. The fraction of sp³-hybridized carbons (Fsp3) is 0.286. The monoisotopic (exact) mass is 546 g/mol. The van der Waals surface area contributed by atoms with E-state index in [0.29, 0.717) is 17.8 Å². The van der Waals surface area contributed by atoms with Crippen LogP contribution >= 0.6 is 0 Å². The Morgan fingerprint density at radius 3 is 2.56 bits per heavy atom. The van der Waals surface area contributed by atoms with Gasteiger partial charge in [-0.05, 0) is 86.4 Å². The highest BCUT2D eigenvalue weighted by Gasteiger charge is 2.51. The molecular formula is C28H27FN6O3S. The molecule has 4 heterocycles. The molecule has 200 valence electrons. The minimum absolute atomic E-state index is 0.0353. The van der Waals surface area contributed by atoms with E-state index >= 15 is 0 Å². The first kappa shape index (κ1) is 25.3. The maximum Gasteiger partial charge on any atom is 0.262 e. The Bertz CT molecular complexity index is 1740. The lowest BCUT2D eigenvalue weighted by Crippen LogP contribution is -2.53. The van der Waals surface area contributed by atoms with Crippen LogP contribution in [0.5, 0.6) is 0 Å². The maximum atomic E-state index is 14.3. The van der Waals surface area contributed by atoms with Crippen LogP contribution in [0.3, 0.4) is 0 Å². The first-order chi connectivity index (χ1) is 18.6. The summed E-state index contributed by atoms with van der Waals surface area (Å²) in [5.74, 6) is -0.570. The van der Waals surface area contributed by atoms with Crippen molar-refractivity contribution in [3.8, 4) is 5.69 Å². The highest BCUT2D eigenvalue weighted by atomic mass is 32.2. The van der Waals surface area contributed by atoms with Crippen molar-refractivity contribution in [1.82, 2.24) is 28.9 Å². The zero-order valence-electron chi connectivity index (χ0n) is 21.8. The molecule has 3 aromatic heterocycles. The minimum atomic E-state index is -3.95. The molecule has 0 unspecified atom stereocenters. The number of aryl methyl sites for hydroxylation is 3. The molecule has 1 aliphatic heterocycles. The molecule has 39 heavy (non-hydrogen) atoms. The molecule has 11 heteroatoms. The van der Waals surface area contributed by atoms with E-state index in [1.807, 2.05) is 19.1 Å².